The van der Waals surface area contributed by atoms with Crippen molar-refractivity contribution < 1.29 is 9.59 Å². The number of hydrogen-bond donors (Lipinski definition) is 3. The minimum absolute atomic E-state index is 0.00921. The van der Waals surface area contributed by atoms with Crippen molar-refractivity contribution in [2.24, 2.45) is 0 Å². The van der Waals surface area contributed by atoms with Crippen LogP contribution < -0.4 is 16.0 Å². The lowest BCUT2D eigenvalue weighted by molar-refractivity contribution is -0.119. The zero-order valence-electron chi connectivity index (χ0n) is 12.5. The molecule has 0 atom stereocenters. The topological polar surface area (TPSA) is 70.2 Å². The Morgan fingerprint density at radius 2 is 2.00 bits per heavy atom. The van der Waals surface area contributed by atoms with E-state index in [0.29, 0.717) is 11.7 Å². The third kappa shape index (κ3) is 2.60. The predicted octanol–water partition coefficient (Wildman–Crippen LogP) is 2.98. The van der Waals surface area contributed by atoms with Gasteiger partial charge < -0.3 is 16.0 Å². The summed E-state index contributed by atoms with van der Waals surface area (Å²) in [7, 11) is 0. The highest BCUT2D eigenvalue weighted by Gasteiger charge is 2.38. The molecule has 0 radical (unpaired) electrons. The Bertz CT molecular complexity index is 589. The molecule has 112 valence electrons. The maximum Gasteiger partial charge on any atom is 0.319 e. The number of carbonyl (C=O) groups excluding carboxylic acids is 2. The molecule has 3 rings (SSSR count). The van der Waals surface area contributed by atoms with Crippen LogP contribution in [0, 0.1) is 0 Å². The maximum absolute atomic E-state index is 12.0. The Morgan fingerprint density at radius 1 is 1.29 bits per heavy atom. The van der Waals surface area contributed by atoms with Gasteiger partial charge in [0.15, 0.2) is 0 Å². The molecule has 21 heavy (non-hydrogen) atoms. The second-order valence-electron chi connectivity index (χ2n) is 6.42. The normalized spacial score (nSPS) is 20.0. The van der Waals surface area contributed by atoms with Crippen molar-refractivity contribution in [3.05, 3.63) is 23.8 Å². The summed E-state index contributed by atoms with van der Waals surface area (Å²) < 4.78 is 0. The van der Waals surface area contributed by atoms with E-state index in [4.69, 9.17) is 0 Å². The van der Waals surface area contributed by atoms with Crippen LogP contribution in [0.15, 0.2) is 18.2 Å². The summed E-state index contributed by atoms with van der Waals surface area (Å²) in [6.07, 6.45) is 4.49. The fourth-order valence-electron chi connectivity index (χ4n) is 3.07. The number of benzene rings is 1. The third-order valence-corrected chi connectivity index (χ3v) is 4.46. The van der Waals surface area contributed by atoms with E-state index < -0.39 is 5.41 Å². The van der Waals surface area contributed by atoms with E-state index in [2.05, 4.69) is 16.0 Å². The highest BCUT2D eigenvalue weighted by molar-refractivity contribution is 6.06. The standard InChI is InChI=1S/C16H21N3O2/c1-16(2)12-9-11(7-8-13(12)19-14(16)20)18-15(21)17-10-5-3-4-6-10/h7-10H,3-6H2,1-2H3,(H,19,20)(H2,17,18,21). The Balaban J connectivity index is 1.71. The number of carbonyl (C=O) groups is 2. The molecule has 0 aromatic heterocycles. The van der Waals surface area contributed by atoms with E-state index in [1.54, 1.807) is 0 Å². The van der Waals surface area contributed by atoms with Gasteiger partial charge in [0.2, 0.25) is 5.91 Å². The van der Waals surface area contributed by atoms with Gasteiger partial charge in [0.25, 0.3) is 0 Å². The minimum Gasteiger partial charge on any atom is -0.335 e. The van der Waals surface area contributed by atoms with Crippen LogP contribution in [0.3, 0.4) is 0 Å². The fourth-order valence-corrected chi connectivity index (χ4v) is 3.07. The third-order valence-electron chi connectivity index (χ3n) is 4.46. The second-order valence-corrected chi connectivity index (χ2v) is 6.42. The zero-order valence-corrected chi connectivity index (χ0v) is 12.5. The first-order valence-electron chi connectivity index (χ1n) is 7.50. The molecule has 0 saturated heterocycles. The molecule has 1 aliphatic carbocycles. The number of anilines is 2. The molecule has 1 heterocycles. The summed E-state index contributed by atoms with van der Waals surface area (Å²) >= 11 is 0. The number of rotatable bonds is 2. The SMILES string of the molecule is CC1(C)C(=O)Nc2ccc(NC(=O)NC3CCCC3)cc21. The minimum atomic E-state index is -0.561. The lowest BCUT2D eigenvalue weighted by atomic mass is 9.86. The van der Waals surface area contributed by atoms with E-state index in [1.807, 2.05) is 32.0 Å². The van der Waals surface area contributed by atoms with Gasteiger partial charge in [0.05, 0.1) is 5.41 Å². The lowest BCUT2D eigenvalue weighted by Gasteiger charge is -2.17. The molecule has 0 bridgehead atoms. The molecule has 1 aromatic carbocycles. The molecular formula is C16H21N3O2. The van der Waals surface area contributed by atoms with Gasteiger partial charge in [0, 0.05) is 17.4 Å². The molecule has 1 saturated carbocycles. The highest BCUT2D eigenvalue weighted by Crippen LogP contribution is 2.38. The van der Waals surface area contributed by atoms with Crippen molar-refractivity contribution >= 4 is 23.3 Å². The molecule has 2 aliphatic rings. The van der Waals surface area contributed by atoms with E-state index >= 15 is 0 Å². The van der Waals surface area contributed by atoms with Crippen LogP contribution in [0.2, 0.25) is 0 Å². The van der Waals surface area contributed by atoms with Crippen LogP contribution in [0.1, 0.15) is 45.1 Å². The summed E-state index contributed by atoms with van der Waals surface area (Å²) in [5, 5.41) is 8.71. The zero-order chi connectivity index (χ0) is 15.0. The number of hydrogen-bond acceptors (Lipinski definition) is 2. The van der Waals surface area contributed by atoms with Gasteiger partial charge in [0.1, 0.15) is 0 Å². The summed E-state index contributed by atoms with van der Waals surface area (Å²) in [4.78, 5) is 23.9. The Morgan fingerprint density at radius 3 is 2.71 bits per heavy atom. The first-order chi connectivity index (χ1) is 9.96. The van der Waals surface area contributed by atoms with Crippen molar-refractivity contribution in [2.45, 2.75) is 51.0 Å². The summed E-state index contributed by atoms with van der Waals surface area (Å²) in [6, 6.07) is 5.65. The number of fused-ring (bicyclic) bond motifs is 1. The fraction of sp³-hybridized carbons (Fsp3) is 0.500. The summed E-state index contributed by atoms with van der Waals surface area (Å²) in [6.45, 7) is 3.77. The van der Waals surface area contributed by atoms with Gasteiger partial charge in [-0.25, -0.2) is 4.79 Å². The largest absolute Gasteiger partial charge is 0.335 e. The van der Waals surface area contributed by atoms with Crippen LogP contribution in [0.5, 0.6) is 0 Å². The molecule has 1 fully saturated rings. The molecule has 1 aromatic rings. The van der Waals surface area contributed by atoms with Crippen molar-refractivity contribution in [3.63, 3.8) is 0 Å². The predicted molar refractivity (Wildman–Crippen MR) is 82.5 cm³/mol. The smallest absolute Gasteiger partial charge is 0.319 e. The Labute approximate surface area is 124 Å². The summed E-state index contributed by atoms with van der Waals surface area (Å²) in [5.41, 5.74) is 1.90. The Hall–Kier alpha value is -2.04. The lowest BCUT2D eigenvalue weighted by Crippen LogP contribution is -2.36. The van der Waals surface area contributed by atoms with Crippen LogP contribution in [-0.4, -0.2) is 18.0 Å². The number of nitrogens with one attached hydrogen (secondary N) is 3. The van der Waals surface area contributed by atoms with Crippen LogP contribution in [0.25, 0.3) is 0 Å². The average Bonchev–Trinajstić information content (AvgIpc) is 2.99. The maximum atomic E-state index is 12.0. The molecule has 1 aliphatic heterocycles. The molecule has 0 spiro atoms. The number of urea groups is 1. The van der Waals surface area contributed by atoms with Crippen LogP contribution >= 0.6 is 0 Å². The molecule has 3 amide bonds. The van der Waals surface area contributed by atoms with Crippen LogP contribution in [0.4, 0.5) is 16.2 Å². The quantitative estimate of drug-likeness (QED) is 0.782. The van der Waals surface area contributed by atoms with Gasteiger partial charge in [-0.2, -0.15) is 0 Å². The highest BCUT2D eigenvalue weighted by atomic mass is 16.2. The van der Waals surface area contributed by atoms with Gasteiger partial charge in [-0.15, -0.1) is 0 Å². The second kappa shape index (κ2) is 5.06. The molecule has 5 heteroatoms. The monoisotopic (exact) mass is 287 g/mol. The first kappa shape index (κ1) is 13.9. The van der Waals surface area contributed by atoms with E-state index in [1.165, 1.54) is 12.8 Å². The van der Waals surface area contributed by atoms with Gasteiger partial charge >= 0.3 is 6.03 Å². The average molecular weight is 287 g/mol. The number of amides is 3. The van der Waals surface area contributed by atoms with Gasteiger partial charge in [-0.1, -0.05) is 12.8 Å². The van der Waals surface area contributed by atoms with Crippen molar-refractivity contribution in [2.75, 3.05) is 10.6 Å². The van der Waals surface area contributed by atoms with Crippen LogP contribution in [-0.2, 0) is 10.2 Å². The Kier molecular flexibility index (Phi) is 3.35. The first-order valence-corrected chi connectivity index (χ1v) is 7.50. The van der Waals surface area contributed by atoms with E-state index in [0.717, 1.165) is 24.1 Å². The molecule has 0 unspecified atom stereocenters. The molecular weight excluding hydrogens is 266 g/mol. The summed E-state index contributed by atoms with van der Waals surface area (Å²) in [5.74, 6) is -0.00921. The molecule has 3 N–H and O–H groups in total. The van der Waals surface area contributed by atoms with E-state index in [-0.39, 0.29) is 11.9 Å². The van der Waals surface area contributed by atoms with Gasteiger partial charge in [-0.05, 0) is 50.5 Å². The van der Waals surface area contributed by atoms with Crippen molar-refractivity contribution in [1.82, 2.24) is 5.32 Å². The van der Waals surface area contributed by atoms with Crippen molar-refractivity contribution in [3.8, 4) is 0 Å². The van der Waals surface area contributed by atoms with Crippen molar-refractivity contribution in [1.29, 1.82) is 0 Å². The molecule has 5 nitrogen and oxygen atoms in total. The van der Waals surface area contributed by atoms with E-state index in [9.17, 15) is 9.59 Å². The van der Waals surface area contributed by atoms with Gasteiger partial charge in [-0.3, -0.25) is 4.79 Å².